The third-order valence-electron chi connectivity index (χ3n) is 3.77. The maximum atomic E-state index is 12.4. The summed E-state index contributed by atoms with van der Waals surface area (Å²) >= 11 is 0. The van der Waals surface area contributed by atoms with Crippen LogP contribution in [0.25, 0.3) is 0 Å². The third kappa shape index (κ3) is 3.48. The van der Waals surface area contributed by atoms with Crippen LogP contribution in [0.3, 0.4) is 0 Å². The van der Waals surface area contributed by atoms with Gasteiger partial charge in [-0.1, -0.05) is 12.1 Å². The number of rotatable bonds is 4. The third-order valence-corrected chi connectivity index (χ3v) is 3.77. The highest BCUT2D eigenvalue weighted by Crippen LogP contribution is 2.39. The van der Waals surface area contributed by atoms with E-state index in [0.29, 0.717) is 11.1 Å². The number of carbonyl (C=O) groups excluding carboxylic acids is 2. The van der Waals surface area contributed by atoms with Gasteiger partial charge in [-0.05, 0) is 31.5 Å². The van der Waals surface area contributed by atoms with Gasteiger partial charge in [0.2, 0.25) is 5.88 Å². The second kappa shape index (κ2) is 7.53. The molecule has 0 radical (unpaired) electrons. The van der Waals surface area contributed by atoms with E-state index in [1.165, 1.54) is 7.11 Å². The number of methoxy groups -OCH3 is 1. The number of hydrogen-bond donors (Lipinski definition) is 1. The highest BCUT2D eigenvalue weighted by Gasteiger charge is 2.36. The molecule has 2 rings (SSSR count). The molecular weight excluding hydrogens is 324 g/mol. The molecule has 0 spiro atoms. The Morgan fingerprint density at radius 1 is 1.28 bits per heavy atom. The van der Waals surface area contributed by atoms with Crippen molar-refractivity contribution in [1.82, 2.24) is 0 Å². The van der Waals surface area contributed by atoms with E-state index in [-0.39, 0.29) is 29.4 Å². The van der Waals surface area contributed by atoms with E-state index in [9.17, 15) is 14.9 Å². The van der Waals surface area contributed by atoms with Gasteiger partial charge < -0.3 is 19.9 Å². The summed E-state index contributed by atoms with van der Waals surface area (Å²) in [6, 6.07) is 8.38. The lowest BCUT2D eigenvalue weighted by Crippen LogP contribution is -2.25. The largest absolute Gasteiger partial charge is 0.465 e. The number of allylic oxidation sites excluding steroid dienone is 2. The molecule has 0 unspecified atom stereocenters. The summed E-state index contributed by atoms with van der Waals surface area (Å²) in [7, 11) is 1.29. The maximum Gasteiger partial charge on any atom is 0.338 e. The van der Waals surface area contributed by atoms with E-state index in [1.807, 2.05) is 6.07 Å². The number of hydrogen-bond acceptors (Lipinski definition) is 7. The van der Waals surface area contributed by atoms with E-state index in [2.05, 4.69) is 4.74 Å². The Morgan fingerprint density at radius 2 is 1.92 bits per heavy atom. The molecule has 0 saturated heterocycles. The van der Waals surface area contributed by atoms with Crippen LogP contribution < -0.4 is 5.73 Å². The molecule has 0 aliphatic carbocycles. The zero-order chi connectivity index (χ0) is 18.6. The van der Waals surface area contributed by atoms with E-state index in [0.717, 1.165) is 0 Å². The number of nitrogens with zero attached hydrogens (tertiary/aromatic N) is 1. The summed E-state index contributed by atoms with van der Waals surface area (Å²) in [6.07, 6.45) is 0. The number of carbonyl (C=O) groups is 2. The lowest BCUT2D eigenvalue weighted by molar-refractivity contribution is -0.139. The fourth-order valence-electron chi connectivity index (χ4n) is 2.62. The molecule has 7 nitrogen and oxygen atoms in total. The van der Waals surface area contributed by atoms with Crippen LogP contribution in [0.4, 0.5) is 0 Å². The van der Waals surface area contributed by atoms with Crippen LogP contribution >= 0.6 is 0 Å². The Bertz CT molecular complexity index is 800. The second-order valence-corrected chi connectivity index (χ2v) is 5.23. The molecule has 0 aromatic heterocycles. The van der Waals surface area contributed by atoms with Crippen LogP contribution in [0, 0.1) is 11.3 Å². The average molecular weight is 342 g/mol. The molecule has 2 N–H and O–H groups in total. The monoisotopic (exact) mass is 342 g/mol. The van der Waals surface area contributed by atoms with Crippen molar-refractivity contribution in [2.75, 3.05) is 13.7 Å². The van der Waals surface area contributed by atoms with Gasteiger partial charge in [0.15, 0.2) is 0 Å². The lowest BCUT2D eigenvalue weighted by Gasteiger charge is -2.26. The predicted octanol–water partition coefficient (Wildman–Crippen LogP) is 2.12. The minimum atomic E-state index is -0.732. The highest BCUT2D eigenvalue weighted by molar-refractivity contribution is 5.93. The number of nitrogens with two attached hydrogens (primary N) is 1. The molecule has 0 saturated carbocycles. The molecule has 1 atom stereocenters. The average Bonchev–Trinajstić information content (AvgIpc) is 2.60. The molecule has 25 heavy (non-hydrogen) atoms. The summed E-state index contributed by atoms with van der Waals surface area (Å²) < 4.78 is 15.1. The van der Waals surface area contributed by atoms with Gasteiger partial charge in [0.25, 0.3) is 0 Å². The van der Waals surface area contributed by atoms with Gasteiger partial charge in [-0.3, -0.25) is 0 Å². The Kier molecular flexibility index (Phi) is 5.45. The van der Waals surface area contributed by atoms with Crippen molar-refractivity contribution in [2.45, 2.75) is 19.8 Å². The van der Waals surface area contributed by atoms with Crippen molar-refractivity contribution in [3.8, 4) is 6.07 Å². The molecule has 130 valence electrons. The molecular formula is C18H18N2O5. The van der Waals surface area contributed by atoms with E-state index >= 15 is 0 Å². The standard InChI is InChI=1S/C18H18N2O5/c1-4-24-18(22)14-10(2)25-16(20)13(9-19)15(14)11-5-7-12(8-6-11)17(21)23-3/h5-8,15H,4,20H2,1-3H3/t15-/m1/s1. The molecule has 1 aromatic rings. The van der Waals surface area contributed by atoms with Crippen molar-refractivity contribution in [2.24, 2.45) is 5.73 Å². The Morgan fingerprint density at radius 3 is 2.44 bits per heavy atom. The molecule has 1 aromatic carbocycles. The molecule has 0 fully saturated rings. The van der Waals surface area contributed by atoms with Crippen LogP contribution in [0.1, 0.15) is 35.7 Å². The molecule has 1 aliphatic heterocycles. The van der Waals surface area contributed by atoms with Crippen molar-refractivity contribution in [1.29, 1.82) is 5.26 Å². The van der Waals surface area contributed by atoms with Gasteiger partial charge in [0, 0.05) is 0 Å². The minimum Gasteiger partial charge on any atom is -0.465 e. The summed E-state index contributed by atoms with van der Waals surface area (Å²) in [4.78, 5) is 24.0. The van der Waals surface area contributed by atoms with E-state index < -0.39 is 17.9 Å². The zero-order valence-electron chi connectivity index (χ0n) is 14.2. The maximum absolute atomic E-state index is 12.4. The molecule has 0 amide bonds. The first-order valence-electron chi connectivity index (χ1n) is 7.58. The first-order valence-corrected chi connectivity index (χ1v) is 7.58. The van der Waals surface area contributed by atoms with Crippen LogP contribution in [0.5, 0.6) is 0 Å². The number of esters is 2. The normalized spacial score (nSPS) is 16.8. The Balaban J connectivity index is 2.54. The molecule has 0 bridgehead atoms. The SMILES string of the molecule is CCOC(=O)C1=C(C)OC(N)=C(C#N)[C@H]1c1ccc(C(=O)OC)cc1. The predicted molar refractivity (Wildman–Crippen MR) is 87.8 cm³/mol. The summed E-state index contributed by atoms with van der Waals surface area (Å²) in [6.45, 7) is 3.46. The Labute approximate surface area is 145 Å². The van der Waals surface area contributed by atoms with Crippen LogP contribution in [-0.4, -0.2) is 25.7 Å². The van der Waals surface area contributed by atoms with Crippen molar-refractivity contribution in [3.05, 3.63) is 58.2 Å². The smallest absolute Gasteiger partial charge is 0.338 e. The summed E-state index contributed by atoms with van der Waals surface area (Å²) in [5, 5.41) is 9.47. The van der Waals surface area contributed by atoms with Gasteiger partial charge in [-0.2, -0.15) is 5.26 Å². The van der Waals surface area contributed by atoms with Crippen molar-refractivity contribution >= 4 is 11.9 Å². The number of benzene rings is 1. The van der Waals surface area contributed by atoms with Gasteiger partial charge in [-0.15, -0.1) is 0 Å². The van der Waals surface area contributed by atoms with Crippen molar-refractivity contribution in [3.63, 3.8) is 0 Å². The van der Waals surface area contributed by atoms with E-state index in [1.54, 1.807) is 38.1 Å². The summed E-state index contributed by atoms with van der Waals surface area (Å²) in [5.74, 6) is -1.58. The first-order chi connectivity index (χ1) is 11.9. The fourth-order valence-corrected chi connectivity index (χ4v) is 2.62. The number of nitriles is 1. The van der Waals surface area contributed by atoms with Crippen LogP contribution in [-0.2, 0) is 19.0 Å². The second-order valence-electron chi connectivity index (χ2n) is 5.23. The number of ether oxygens (including phenoxy) is 3. The molecule has 1 aliphatic rings. The fraction of sp³-hybridized carbons (Fsp3) is 0.278. The van der Waals surface area contributed by atoms with Gasteiger partial charge in [0.05, 0.1) is 30.8 Å². The molecule has 1 heterocycles. The zero-order valence-corrected chi connectivity index (χ0v) is 14.2. The van der Waals surface area contributed by atoms with Gasteiger partial charge >= 0.3 is 11.9 Å². The molecule has 7 heteroatoms. The lowest BCUT2D eigenvalue weighted by atomic mass is 9.83. The topological polar surface area (TPSA) is 112 Å². The van der Waals surface area contributed by atoms with Gasteiger partial charge in [0.1, 0.15) is 17.4 Å². The van der Waals surface area contributed by atoms with Crippen molar-refractivity contribution < 1.29 is 23.8 Å². The van der Waals surface area contributed by atoms with Gasteiger partial charge in [-0.25, -0.2) is 9.59 Å². The first kappa shape index (κ1) is 18.1. The van der Waals surface area contributed by atoms with Crippen LogP contribution in [0.15, 0.2) is 47.1 Å². The van der Waals surface area contributed by atoms with E-state index in [4.69, 9.17) is 15.2 Å². The minimum absolute atomic E-state index is 0.0601. The quantitative estimate of drug-likeness (QED) is 0.834. The summed E-state index contributed by atoms with van der Waals surface area (Å²) in [5.41, 5.74) is 7.10. The van der Waals surface area contributed by atoms with Crippen LogP contribution in [0.2, 0.25) is 0 Å². The Hall–Kier alpha value is -3.27. The highest BCUT2D eigenvalue weighted by atomic mass is 16.5.